The van der Waals surface area contributed by atoms with Gasteiger partial charge in [-0.15, -0.1) is 0 Å². The van der Waals surface area contributed by atoms with E-state index in [4.69, 9.17) is 46.9 Å². The Morgan fingerprint density at radius 2 is 1.11 bits per heavy atom. The number of esters is 2. The average molecular weight is 934 g/mol. The van der Waals surface area contributed by atoms with Gasteiger partial charge in [-0.3, -0.25) is 24.2 Å². The minimum absolute atomic E-state index is 0.00778. The van der Waals surface area contributed by atoms with E-state index in [0.29, 0.717) is 53.6 Å². The maximum absolute atomic E-state index is 14.1. The summed E-state index contributed by atoms with van der Waals surface area (Å²) < 4.78 is 27.6. The van der Waals surface area contributed by atoms with Gasteiger partial charge in [0, 0.05) is 42.3 Å². The number of rotatable bonds is 19. The third kappa shape index (κ3) is 12.2. The van der Waals surface area contributed by atoms with E-state index < -0.39 is 42.6 Å². The van der Waals surface area contributed by atoms with Crippen molar-refractivity contribution >= 4 is 52.9 Å². The molecule has 14 nitrogen and oxygen atoms in total. The molecule has 0 unspecified atom stereocenters. The number of hydrogen-bond donors (Lipinski definition) is 2. The standard InChI is InChI=1S/C49H54Cl2N2O12/c1-29-31(21-42(54)37-22-43(64-27-46(55)61-3)33(19-38(37)50)24-52-17-7-5-15-40(52)48(57)58)11-9-13-35(29)36-14-10-12-32(30(36)2)26-63-45-23-44(65-28-47(56)62-4)34(20-39(45)51)25-53-18-8-6-16-41(53)49(59)60/h9-14,19-20,22-23,40-41H,5-8,15-18,21,24-28H2,1-4H3,(H,57,58)(H,59,60)/t40-,41-/m0/s1. The summed E-state index contributed by atoms with van der Waals surface area (Å²) in [5.41, 5.74) is 6.65. The number of piperidine rings is 2. The molecule has 6 rings (SSSR count). The molecule has 4 aromatic rings. The lowest BCUT2D eigenvalue weighted by Gasteiger charge is -2.33. The number of carboxylic acid groups (broad SMARTS) is 2. The van der Waals surface area contributed by atoms with Gasteiger partial charge in [0.25, 0.3) is 0 Å². The molecule has 2 atom stereocenters. The van der Waals surface area contributed by atoms with Crippen molar-refractivity contribution in [1.82, 2.24) is 9.80 Å². The zero-order chi connectivity index (χ0) is 46.8. The average Bonchev–Trinajstić information content (AvgIpc) is 3.29. The Balaban J connectivity index is 1.22. The maximum atomic E-state index is 14.1. The first-order valence-corrected chi connectivity index (χ1v) is 22.3. The van der Waals surface area contributed by atoms with Crippen LogP contribution in [0.25, 0.3) is 11.1 Å². The SMILES string of the molecule is COC(=O)COc1cc(OCc2cccc(-c3cccc(CC(=O)c4cc(OCC(=O)OC)c(CN5CCCC[C@H]5C(=O)O)cc4Cl)c3C)c2C)c(Cl)cc1CN1CCCC[C@H]1C(=O)O. The van der Waals surface area contributed by atoms with Crippen molar-refractivity contribution in [2.24, 2.45) is 0 Å². The van der Waals surface area contributed by atoms with Crippen molar-refractivity contribution < 1.29 is 57.9 Å². The molecule has 0 bridgehead atoms. The Labute approximate surface area is 388 Å². The summed E-state index contributed by atoms with van der Waals surface area (Å²) in [7, 11) is 2.51. The van der Waals surface area contributed by atoms with Crippen LogP contribution >= 0.6 is 23.2 Å². The first kappa shape index (κ1) is 48.8. The molecule has 2 aliphatic heterocycles. The van der Waals surface area contributed by atoms with E-state index in [1.165, 1.54) is 20.3 Å². The molecule has 0 aromatic heterocycles. The number of carbonyl (C=O) groups excluding carboxylic acids is 3. The molecule has 0 spiro atoms. The number of ketones is 1. The van der Waals surface area contributed by atoms with Crippen molar-refractivity contribution in [3.8, 4) is 28.4 Å². The van der Waals surface area contributed by atoms with Crippen LogP contribution in [-0.4, -0.2) is 102 Å². The first-order chi connectivity index (χ1) is 31.2. The minimum Gasteiger partial charge on any atom is -0.487 e. The lowest BCUT2D eigenvalue weighted by atomic mass is 9.89. The summed E-state index contributed by atoms with van der Waals surface area (Å²) in [5, 5.41) is 20.2. The fraction of sp³-hybridized carbons (Fsp3) is 0.408. The summed E-state index contributed by atoms with van der Waals surface area (Å²) in [6, 6.07) is 16.7. The number of ether oxygens (including phenoxy) is 5. The summed E-state index contributed by atoms with van der Waals surface area (Å²) in [5.74, 6) is -2.41. The number of likely N-dealkylation sites (tertiary alicyclic amines) is 2. The van der Waals surface area contributed by atoms with Crippen LogP contribution in [0.4, 0.5) is 0 Å². The maximum Gasteiger partial charge on any atom is 0.343 e. The van der Waals surface area contributed by atoms with Gasteiger partial charge in [0.2, 0.25) is 0 Å². The van der Waals surface area contributed by atoms with Gasteiger partial charge in [-0.1, -0.05) is 72.4 Å². The molecule has 2 N–H and O–H groups in total. The highest BCUT2D eigenvalue weighted by molar-refractivity contribution is 6.34. The highest BCUT2D eigenvalue weighted by Gasteiger charge is 2.31. The minimum atomic E-state index is -0.915. The second-order valence-electron chi connectivity index (χ2n) is 16.3. The van der Waals surface area contributed by atoms with Crippen molar-refractivity contribution in [1.29, 1.82) is 0 Å². The quantitative estimate of drug-likeness (QED) is 0.0678. The monoisotopic (exact) mass is 932 g/mol. The van der Waals surface area contributed by atoms with E-state index in [0.717, 1.165) is 59.1 Å². The number of nitrogens with zero attached hydrogens (tertiary/aromatic N) is 2. The Bertz CT molecular complexity index is 2420. The number of hydrogen-bond acceptors (Lipinski definition) is 12. The van der Waals surface area contributed by atoms with Crippen LogP contribution < -0.4 is 14.2 Å². The number of benzene rings is 4. The van der Waals surface area contributed by atoms with Crippen molar-refractivity contribution in [3.63, 3.8) is 0 Å². The zero-order valence-corrected chi connectivity index (χ0v) is 38.5. The predicted molar refractivity (Wildman–Crippen MR) is 243 cm³/mol. The number of aliphatic carboxylic acids is 2. The molecule has 2 heterocycles. The van der Waals surface area contributed by atoms with E-state index in [1.807, 2.05) is 60.0 Å². The molecule has 65 heavy (non-hydrogen) atoms. The van der Waals surface area contributed by atoms with Crippen LogP contribution in [0.5, 0.6) is 17.2 Å². The van der Waals surface area contributed by atoms with E-state index in [2.05, 4.69) is 0 Å². The van der Waals surface area contributed by atoms with Gasteiger partial charge < -0.3 is 33.9 Å². The molecule has 16 heteroatoms. The molecule has 0 amide bonds. The fourth-order valence-electron chi connectivity index (χ4n) is 8.48. The van der Waals surface area contributed by atoms with Gasteiger partial charge >= 0.3 is 23.9 Å². The summed E-state index contributed by atoms with van der Waals surface area (Å²) in [6.45, 7) is 4.90. The topological polar surface area (TPSA) is 178 Å². The second-order valence-corrected chi connectivity index (χ2v) is 17.1. The third-order valence-electron chi connectivity index (χ3n) is 12.2. The van der Waals surface area contributed by atoms with Gasteiger partial charge in [-0.25, -0.2) is 9.59 Å². The predicted octanol–water partition coefficient (Wildman–Crippen LogP) is 8.26. The van der Waals surface area contributed by atoms with Crippen molar-refractivity contribution in [2.45, 2.75) is 90.6 Å². The van der Waals surface area contributed by atoms with E-state index in [9.17, 15) is 34.2 Å². The van der Waals surface area contributed by atoms with Crippen LogP contribution in [0.1, 0.15) is 82.3 Å². The molecule has 2 saturated heterocycles. The molecular weight excluding hydrogens is 879 g/mol. The molecule has 346 valence electrons. The smallest absolute Gasteiger partial charge is 0.343 e. The van der Waals surface area contributed by atoms with E-state index in [-0.39, 0.29) is 54.8 Å². The first-order valence-electron chi connectivity index (χ1n) is 21.5. The Morgan fingerprint density at radius 1 is 0.615 bits per heavy atom. The van der Waals surface area contributed by atoms with Crippen LogP contribution in [-0.2, 0) is 54.8 Å². The summed E-state index contributed by atoms with van der Waals surface area (Å²) in [4.78, 5) is 66.0. The molecule has 4 aromatic carbocycles. The lowest BCUT2D eigenvalue weighted by Crippen LogP contribution is -2.44. The molecular formula is C49H54Cl2N2O12. The normalized spacial score (nSPS) is 16.6. The highest BCUT2D eigenvalue weighted by atomic mass is 35.5. The van der Waals surface area contributed by atoms with Gasteiger partial charge in [-0.05, 0) is 104 Å². The molecule has 2 aliphatic rings. The fourth-order valence-corrected chi connectivity index (χ4v) is 9.01. The Kier molecular flexibility index (Phi) is 16.9. The van der Waals surface area contributed by atoms with Crippen molar-refractivity contribution in [2.75, 3.05) is 40.5 Å². The number of carbonyl (C=O) groups is 5. The van der Waals surface area contributed by atoms with Crippen LogP contribution in [0.15, 0.2) is 60.7 Å². The van der Waals surface area contributed by atoms with Gasteiger partial charge in [0.15, 0.2) is 19.0 Å². The number of methoxy groups -OCH3 is 2. The molecule has 0 saturated carbocycles. The number of halogens is 2. The van der Waals surface area contributed by atoms with Gasteiger partial charge in [0.1, 0.15) is 35.9 Å². The van der Waals surface area contributed by atoms with Crippen LogP contribution in [0, 0.1) is 13.8 Å². The largest absolute Gasteiger partial charge is 0.487 e. The summed E-state index contributed by atoms with van der Waals surface area (Å²) >= 11 is 13.6. The molecule has 2 fully saturated rings. The number of Topliss-reactive ketones (excluding diaryl/α,β-unsaturated/α-hetero) is 1. The van der Waals surface area contributed by atoms with Gasteiger partial charge in [-0.2, -0.15) is 0 Å². The van der Waals surface area contributed by atoms with E-state index in [1.54, 1.807) is 18.2 Å². The Morgan fingerprint density at radius 3 is 1.63 bits per heavy atom. The van der Waals surface area contributed by atoms with E-state index >= 15 is 0 Å². The van der Waals surface area contributed by atoms with Crippen molar-refractivity contribution in [3.05, 3.63) is 110 Å². The Hall–Kier alpha value is -5.67. The highest BCUT2D eigenvalue weighted by Crippen LogP contribution is 2.37. The second kappa shape index (κ2) is 22.5. The zero-order valence-electron chi connectivity index (χ0n) is 37.0. The van der Waals surface area contributed by atoms with Crippen LogP contribution in [0.3, 0.4) is 0 Å². The number of carboxylic acids is 2. The molecule has 0 aliphatic carbocycles. The van der Waals surface area contributed by atoms with Crippen LogP contribution in [0.2, 0.25) is 10.0 Å². The third-order valence-corrected chi connectivity index (χ3v) is 12.8. The summed E-state index contributed by atoms with van der Waals surface area (Å²) in [6.07, 6.45) is 4.36. The molecule has 0 radical (unpaired) electrons. The van der Waals surface area contributed by atoms with Gasteiger partial charge in [0.05, 0.1) is 24.3 Å². The lowest BCUT2D eigenvalue weighted by molar-refractivity contribution is -0.145.